The maximum atomic E-state index is 13.1. The van der Waals surface area contributed by atoms with Gasteiger partial charge >= 0.3 is 6.18 Å². The average molecular weight is 531 g/mol. The van der Waals surface area contributed by atoms with E-state index in [9.17, 15) is 13.2 Å². The number of piperidine rings is 1. The highest BCUT2D eigenvalue weighted by molar-refractivity contribution is 5.94. The third-order valence-corrected chi connectivity index (χ3v) is 7.96. The number of alkyl halides is 3. The van der Waals surface area contributed by atoms with Crippen LogP contribution in [0.4, 0.5) is 24.8 Å². The van der Waals surface area contributed by atoms with Crippen molar-refractivity contribution in [1.82, 2.24) is 30.0 Å². The van der Waals surface area contributed by atoms with Crippen molar-refractivity contribution in [2.75, 3.05) is 43.9 Å². The lowest BCUT2D eigenvalue weighted by Gasteiger charge is -2.39. The molecule has 6 heterocycles. The highest BCUT2D eigenvalue weighted by atomic mass is 19.4. The molecule has 38 heavy (non-hydrogen) atoms. The number of aryl methyl sites for hydroxylation is 1. The van der Waals surface area contributed by atoms with Gasteiger partial charge in [-0.05, 0) is 44.7 Å². The van der Waals surface area contributed by atoms with E-state index in [-0.39, 0.29) is 18.1 Å². The standard InChI is InChI=1S/C26H33F3N8O/c1-15-8-22(35-34-15)19-11-20-21(32-23(19)13-36-4-6-38-7-5-36)12-24(30)33-25(20)31-16-9-17-2-3-18(10-16)37(17)14-26(27,28)29/h8,11-12,16-18H,2-7,9-10,13-14H2,1H3,(H,34,35)(H3,30,31,33)/t16?,17-,18+. The van der Waals surface area contributed by atoms with Crippen molar-refractivity contribution < 1.29 is 17.9 Å². The Balaban J connectivity index is 1.32. The summed E-state index contributed by atoms with van der Waals surface area (Å²) in [6, 6.07) is 5.69. The first-order valence-corrected chi connectivity index (χ1v) is 13.2. The van der Waals surface area contributed by atoms with Crippen molar-refractivity contribution in [3.05, 3.63) is 29.6 Å². The Morgan fingerprint density at radius 3 is 2.50 bits per heavy atom. The number of halogens is 3. The van der Waals surface area contributed by atoms with Gasteiger partial charge in [0.15, 0.2) is 0 Å². The number of morpholine rings is 1. The number of pyridine rings is 2. The number of fused-ring (bicyclic) bond motifs is 3. The fraction of sp³-hybridized carbons (Fsp3) is 0.577. The number of anilines is 2. The number of rotatable bonds is 6. The van der Waals surface area contributed by atoms with Gasteiger partial charge in [0.2, 0.25) is 0 Å². The molecule has 3 aliphatic heterocycles. The van der Waals surface area contributed by atoms with Crippen LogP contribution in [0.15, 0.2) is 18.2 Å². The first-order chi connectivity index (χ1) is 18.2. The minimum atomic E-state index is -4.18. The molecule has 3 aromatic rings. The van der Waals surface area contributed by atoms with E-state index in [0.29, 0.717) is 44.2 Å². The molecule has 0 aromatic carbocycles. The molecule has 3 atom stereocenters. The normalized spacial score (nSPS) is 24.8. The molecule has 3 fully saturated rings. The summed E-state index contributed by atoms with van der Waals surface area (Å²) in [5.41, 5.74) is 10.5. The molecular weight excluding hydrogens is 497 g/mol. The lowest BCUT2D eigenvalue weighted by atomic mass is 9.97. The first kappa shape index (κ1) is 25.3. The van der Waals surface area contributed by atoms with Gasteiger partial charge in [-0.2, -0.15) is 18.3 Å². The minimum Gasteiger partial charge on any atom is -0.384 e. The van der Waals surface area contributed by atoms with Crippen LogP contribution in [-0.4, -0.2) is 87.1 Å². The third kappa shape index (κ3) is 5.29. The Kier molecular flexibility index (Phi) is 6.65. The molecular formula is C26H33F3N8O. The number of nitrogens with zero attached hydrogens (tertiary/aromatic N) is 5. The molecule has 0 radical (unpaired) electrons. The summed E-state index contributed by atoms with van der Waals surface area (Å²) in [4.78, 5) is 13.6. The zero-order valence-electron chi connectivity index (χ0n) is 21.4. The number of hydrogen-bond acceptors (Lipinski definition) is 8. The van der Waals surface area contributed by atoms with E-state index in [1.54, 1.807) is 11.0 Å². The van der Waals surface area contributed by atoms with E-state index in [1.165, 1.54) is 0 Å². The monoisotopic (exact) mass is 530 g/mol. The van der Waals surface area contributed by atoms with Gasteiger partial charge in [-0.3, -0.25) is 19.9 Å². The Hall–Kier alpha value is -2.96. The average Bonchev–Trinajstić information content (AvgIpc) is 3.37. The van der Waals surface area contributed by atoms with Gasteiger partial charge < -0.3 is 15.8 Å². The number of aromatic amines is 1. The molecule has 204 valence electrons. The van der Waals surface area contributed by atoms with Crippen molar-refractivity contribution in [1.29, 1.82) is 0 Å². The molecule has 3 saturated heterocycles. The highest BCUT2D eigenvalue weighted by Crippen LogP contribution is 2.39. The maximum Gasteiger partial charge on any atom is 0.401 e. The summed E-state index contributed by atoms with van der Waals surface area (Å²) in [5.74, 6) is 0.971. The van der Waals surface area contributed by atoms with Crippen LogP contribution in [0, 0.1) is 6.92 Å². The van der Waals surface area contributed by atoms with Crippen LogP contribution >= 0.6 is 0 Å². The second kappa shape index (κ2) is 9.97. The Morgan fingerprint density at radius 2 is 1.84 bits per heavy atom. The summed E-state index contributed by atoms with van der Waals surface area (Å²) < 4.78 is 44.9. The Labute approximate surface area is 218 Å². The summed E-state index contributed by atoms with van der Waals surface area (Å²) in [7, 11) is 0. The second-order valence-corrected chi connectivity index (χ2v) is 10.8. The fourth-order valence-corrected chi connectivity index (χ4v) is 6.26. The predicted octanol–water partition coefficient (Wildman–Crippen LogP) is 3.71. The van der Waals surface area contributed by atoms with Gasteiger partial charge in [-0.15, -0.1) is 0 Å². The molecule has 0 saturated carbocycles. The van der Waals surface area contributed by atoms with Crippen molar-refractivity contribution >= 4 is 22.5 Å². The summed E-state index contributed by atoms with van der Waals surface area (Å²) >= 11 is 0. The van der Waals surface area contributed by atoms with Crippen LogP contribution in [0.25, 0.3) is 22.2 Å². The topological polar surface area (TPSA) is 108 Å². The van der Waals surface area contributed by atoms with E-state index in [1.807, 2.05) is 13.0 Å². The molecule has 2 bridgehead atoms. The van der Waals surface area contributed by atoms with Crippen LogP contribution in [0.5, 0.6) is 0 Å². The summed E-state index contributed by atoms with van der Waals surface area (Å²) in [5, 5.41) is 11.9. The van der Waals surface area contributed by atoms with Gasteiger partial charge in [0.25, 0.3) is 0 Å². The molecule has 3 aliphatic rings. The lowest BCUT2D eigenvalue weighted by Crippen LogP contribution is -2.50. The quantitative estimate of drug-likeness (QED) is 0.443. The predicted molar refractivity (Wildman–Crippen MR) is 139 cm³/mol. The first-order valence-electron chi connectivity index (χ1n) is 13.2. The maximum absolute atomic E-state index is 13.1. The number of ether oxygens (including phenoxy) is 1. The Morgan fingerprint density at radius 1 is 1.11 bits per heavy atom. The van der Waals surface area contributed by atoms with Crippen LogP contribution in [0.2, 0.25) is 0 Å². The van der Waals surface area contributed by atoms with Crippen LogP contribution in [0.3, 0.4) is 0 Å². The zero-order valence-corrected chi connectivity index (χ0v) is 21.4. The number of H-pyrrole nitrogens is 1. The van der Waals surface area contributed by atoms with Gasteiger partial charge in [-0.1, -0.05) is 0 Å². The van der Waals surface area contributed by atoms with E-state index in [4.69, 9.17) is 15.5 Å². The molecule has 0 amide bonds. The summed E-state index contributed by atoms with van der Waals surface area (Å²) in [6.07, 6.45) is -1.33. The fourth-order valence-electron chi connectivity index (χ4n) is 6.26. The molecule has 4 N–H and O–H groups in total. The van der Waals surface area contributed by atoms with Crippen molar-refractivity contribution in [3.8, 4) is 11.3 Å². The smallest absolute Gasteiger partial charge is 0.384 e. The number of nitrogens with two attached hydrogens (primary N) is 1. The third-order valence-electron chi connectivity index (χ3n) is 7.96. The molecule has 0 spiro atoms. The molecule has 6 rings (SSSR count). The minimum absolute atomic E-state index is 0.0126. The molecule has 3 aromatic heterocycles. The largest absolute Gasteiger partial charge is 0.401 e. The lowest BCUT2D eigenvalue weighted by molar-refractivity contribution is -0.155. The molecule has 12 heteroatoms. The van der Waals surface area contributed by atoms with Gasteiger partial charge in [0.1, 0.15) is 11.6 Å². The van der Waals surface area contributed by atoms with E-state index < -0.39 is 12.7 Å². The van der Waals surface area contributed by atoms with E-state index in [0.717, 1.165) is 59.5 Å². The highest BCUT2D eigenvalue weighted by Gasteiger charge is 2.45. The number of nitrogen functional groups attached to an aromatic ring is 1. The summed E-state index contributed by atoms with van der Waals surface area (Å²) in [6.45, 7) is 4.84. The number of nitrogens with one attached hydrogen (secondary N) is 2. The number of aromatic nitrogens is 4. The van der Waals surface area contributed by atoms with Gasteiger partial charge in [0.05, 0.1) is 36.7 Å². The number of hydrogen-bond donors (Lipinski definition) is 3. The van der Waals surface area contributed by atoms with Crippen LogP contribution < -0.4 is 11.1 Å². The Bertz CT molecular complexity index is 1290. The van der Waals surface area contributed by atoms with Crippen molar-refractivity contribution in [2.24, 2.45) is 0 Å². The zero-order chi connectivity index (χ0) is 26.4. The van der Waals surface area contributed by atoms with Gasteiger partial charge in [-0.25, -0.2) is 4.98 Å². The second-order valence-electron chi connectivity index (χ2n) is 10.8. The van der Waals surface area contributed by atoms with E-state index >= 15 is 0 Å². The van der Waals surface area contributed by atoms with Crippen molar-refractivity contribution in [3.63, 3.8) is 0 Å². The van der Waals surface area contributed by atoms with Crippen molar-refractivity contribution in [2.45, 2.75) is 63.5 Å². The van der Waals surface area contributed by atoms with Gasteiger partial charge in [0, 0.05) is 60.5 Å². The molecule has 9 nitrogen and oxygen atoms in total. The van der Waals surface area contributed by atoms with Crippen LogP contribution in [-0.2, 0) is 11.3 Å². The van der Waals surface area contributed by atoms with E-state index in [2.05, 4.69) is 31.5 Å². The SMILES string of the molecule is Cc1cc(-c2cc3c(NC4C[C@H]5CC[C@@H](C4)N5CC(F)(F)F)nc(N)cc3nc2CN2CCOCC2)n[nH]1. The molecule has 1 unspecified atom stereocenters. The van der Waals surface area contributed by atoms with Crippen LogP contribution in [0.1, 0.15) is 37.1 Å². The molecule has 0 aliphatic carbocycles.